The van der Waals surface area contributed by atoms with Gasteiger partial charge in [-0.25, -0.2) is 0 Å². The quantitative estimate of drug-likeness (QED) is 0.747. The van der Waals surface area contributed by atoms with E-state index in [-0.39, 0.29) is 5.75 Å². The number of phenols is 1. The summed E-state index contributed by atoms with van der Waals surface area (Å²) in [4.78, 5) is 2.18. The van der Waals surface area contributed by atoms with Crippen LogP contribution in [0.2, 0.25) is 5.02 Å². The molecule has 0 heterocycles. The molecule has 108 valence electrons. The van der Waals surface area contributed by atoms with E-state index in [4.69, 9.17) is 21.1 Å². The molecule has 0 amide bonds. The van der Waals surface area contributed by atoms with Crippen LogP contribution < -0.4 is 4.74 Å². The monoisotopic (exact) mass is 287 g/mol. The van der Waals surface area contributed by atoms with Gasteiger partial charge in [-0.2, -0.15) is 0 Å². The topological polar surface area (TPSA) is 41.9 Å². The lowest BCUT2D eigenvalue weighted by molar-refractivity contribution is 0.112. The zero-order chi connectivity index (χ0) is 14.3. The van der Waals surface area contributed by atoms with Gasteiger partial charge in [0, 0.05) is 36.3 Å². The first-order chi connectivity index (χ1) is 9.12. The molecule has 1 rings (SSSR count). The summed E-state index contributed by atoms with van der Waals surface area (Å²) in [6, 6.07) is 3.37. The second-order valence-electron chi connectivity index (χ2n) is 4.18. The number of hydrogen-bond donors (Lipinski definition) is 1. The van der Waals surface area contributed by atoms with Crippen molar-refractivity contribution in [3.05, 3.63) is 22.7 Å². The van der Waals surface area contributed by atoms with Crippen molar-refractivity contribution in [1.29, 1.82) is 0 Å². The Hall–Kier alpha value is -0.970. The number of nitrogens with zero attached hydrogens (tertiary/aromatic N) is 1. The molecule has 0 unspecified atom stereocenters. The maximum Gasteiger partial charge on any atom is 0.162 e. The lowest BCUT2D eigenvalue weighted by Crippen LogP contribution is -2.27. The molecular weight excluding hydrogens is 266 g/mol. The molecule has 1 aromatic rings. The van der Waals surface area contributed by atoms with E-state index >= 15 is 0 Å². The molecular formula is C14H22ClNO3. The van der Waals surface area contributed by atoms with Crippen LogP contribution >= 0.6 is 11.6 Å². The Kier molecular flexibility index (Phi) is 6.99. The summed E-state index contributed by atoms with van der Waals surface area (Å²) in [5, 5.41) is 10.6. The maximum absolute atomic E-state index is 10.1. The summed E-state index contributed by atoms with van der Waals surface area (Å²) in [5.74, 6) is 0.560. The minimum Gasteiger partial charge on any atom is -0.504 e. The Morgan fingerprint density at radius 2 is 2.05 bits per heavy atom. The number of halogens is 1. The molecule has 0 aromatic heterocycles. The smallest absolute Gasteiger partial charge is 0.162 e. The molecule has 1 N–H and O–H groups in total. The van der Waals surface area contributed by atoms with Crippen LogP contribution in [0.3, 0.4) is 0 Å². The van der Waals surface area contributed by atoms with Gasteiger partial charge in [0.25, 0.3) is 0 Å². The van der Waals surface area contributed by atoms with E-state index in [9.17, 15) is 5.11 Å². The van der Waals surface area contributed by atoms with Crippen LogP contribution in [0.1, 0.15) is 19.4 Å². The second-order valence-corrected chi connectivity index (χ2v) is 4.62. The van der Waals surface area contributed by atoms with Gasteiger partial charge in [0.1, 0.15) is 0 Å². The largest absolute Gasteiger partial charge is 0.504 e. The Balaban J connectivity index is 2.76. The number of phenolic OH excluding ortho intramolecular Hbond substituents is 1. The third kappa shape index (κ3) is 4.90. The SMILES string of the molecule is CCOCCN(CC)Cc1cc(Cl)cc(OC)c1O. The minimum atomic E-state index is 0.154. The van der Waals surface area contributed by atoms with Crippen molar-refractivity contribution in [2.24, 2.45) is 0 Å². The Bertz CT molecular complexity index is 399. The first-order valence-electron chi connectivity index (χ1n) is 6.47. The summed E-state index contributed by atoms with van der Waals surface area (Å²) >= 11 is 6.02. The highest BCUT2D eigenvalue weighted by Crippen LogP contribution is 2.34. The average molecular weight is 288 g/mol. The van der Waals surface area contributed by atoms with Crippen LogP contribution in [0, 0.1) is 0 Å². The molecule has 5 heteroatoms. The van der Waals surface area contributed by atoms with Crippen molar-refractivity contribution in [3.8, 4) is 11.5 Å². The highest BCUT2D eigenvalue weighted by atomic mass is 35.5. The van der Waals surface area contributed by atoms with Gasteiger partial charge in [0.05, 0.1) is 13.7 Å². The van der Waals surface area contributed by atoms with Crippen molar-refractivity contribution < 1.29 is 14.6 Å². The Labute approximate surface area is 119 Å². The molecule has 0 aliphatic heterocycles. The number of hydrogen-bond acceptors (Lipinski definition) is 4. The molecule has 0 bridgehead atoms. The van der Waals surface area contributed by atoms with Gasteiger partial charge in [-0.1, -0.05) is 18.5 Å². The van der Waals surface area contributed by atoms with Crippen LogP contribution in [-0.4, -0.2) is 43.4 Å². The summed E-state index contributed by atoms with van der Waals surface area (Å²) in [7, 11) is 1.52. The molecule has 1 aromatic carbocycles. The number of benzene rings is 1. The first-order valence-corrected chi connectivity index (χ1v) is 6.85. The van der Waals surface area contributed by atoms with Crippen LogP contribution in [0.4, 0.5) is 0 Å². The van der Waals surface area contributed by atoms with Crippen molar-refractivity contribution in [2.45, 2.75) is 20.4 Å². The molecule has 4 nitrogen and oxygen atoms in total. The van der Waals surface area contributed by atoms with Gasteiger partial charge in [-0.3, -0.25) is 4.90 Å². The Morgan fingerprint density at radius 3 is 2.63 bits per heavy atom. The van der Waals surface area contributed by atoms with E-state index in [0.29, 0.717) is 30.5 Å². The zero-order valence-electron chi connectivity index (χ0n) is 11.8. The number of ether oxygens (including phenoxy) is 2. The van der Waals surface area contributed by atoms with Crippen LogP contribution in [-0.2, 0) is 11.3 Å². The van der Waals surface area contributed by atoms with Gasteiger partial charge in [0.15, 0.2) is 11.5 Å². The summed E-state index contributed by atoms with van der Waals surface area (Å²) in [6.07, 6.45) is 0. The molecule has 0 atom stereocenters. The predicted octanol–water partition coefficient (Wildman–Crippen LogP) is 2.91. The molecule has 0 aliphatic rings. The molecule has 0 spiro atoms. The Morgan fingerprint density at radius 1 is 1.32 bits per heavy atom. The van der Waals surface area contributed by atoms with Crippen molar-refractivity contribution >= 4 is 11.6 Å². The van der Waals surface area contributed by atoms with Gasteiger partial charge in [-0.05, 0) is 19.5 Å². The lowest BCUT2D eigenvalue weighted by atomic mass is 10.1. The second kappa shape index (κ2) is 8.25. The van der Waals surface area contributed by atoms with Gasteiger partial charge < -0.3 is 14.6 Å². The molecule has 19 heavy (non-hydrogen) atoms. The van der Waals surface area contributed by atoms with Crippen LogP contribution in [0.5, 0.6) is 11.5 Å². The number of aromatic hydroxyl groups is 1. The highest BCUT2D eigenvalue weighted by Gasteiger charge is 2.13. The lowest BCUT2D eigenvalue weighted by Gasteiger charge is -2.21. The number of methoxy groups -OCH3 is 1. The van der Waals surface area contributed by atoms with Gasteiger partial charge in [-0.15, -0.1) is 0 Å². The van der Waals surface area contributed by atoms with Crippen molar-refractivity contribution in [3.63, 3.8) is 0 Å². The molecule has 0 fully saturated rings. The van der Waals surface area contributed by atoms with Gasteiger partial charge in [0.2, 0.25) is 0 Å². The minimum absolute atomic E-state index is 0.154. The first kappa shape index (κ1) is 16.1. The van der Waals surface area contributed by atoms with E-state index in [1.807, 2.05) is 6.92 Å². The number of likely N-dealkylation sites (N-methyl/N-ethyl adjacent to an activating group) is 1. The van der Waals surface area contributed by atoms with E-state index in [0.717, 1.165) is 18.7 Å². The number of rotatable bonds is 8. The van der Waals surface area contributed by atoms with Crippen molar-refractivity contribution in [1.82, 2.24) is 4.90 Å². The fourth-order valence-electron chi connectivity index (χ4n) is 1.83. The third-order valence-electron chi connectivity index (χ3n) is 2.94. The standard InChI is InChI=1S/C14H22ClNO3/c1-4-16(6-7-19-5-2)10-11-8-12(15)9-13(18-3)14(11)17/h8-9,17H,4-7,10H2,1-3H3. The van der Waals surface area contributed by atoms with E-state index < -0.39 is 0 Å². The van der Waals surface area contributed by atoms with Gasteiger partial charge >= 0.3 is 0 Å². The van der Waals surface area contributed by atoms with E-state index in [1.54, 1.807) is 12.1 Å². The fraction of sp³-hybridized carbons (Fsp3) is 0.571. The highest BCUT2D eigenvalue weighted by molar-refractivity contribution is 6.30. The van der Waals surface area contributed by atoms with Crippen LogP contribution in [0.25, 0.3) is 0 Å². The molecule has 0 radical (unpaired) electrons. The van der Waals surface area contributed by atoms with Crippen molar-refractivity contribution in [2.75, 3.05) is 33.4 Å². The van der Waals surface area contributed by atoms with E-state index in [1.165, 1.54) is 7.11 Å². The molecule has 0 saturated heterocycles. The zero-order valence-corrected chi connectivity index (χ0v) is 12.5. The summed E-state index contributed by atoms with van der Waals surface area (Å²) < 4.78 is 10.5. The molecule has 0 saturated carbocycles. The maximum atomic E-state index is 10.1. The van der Waals surface area contributed by atoms with Crippen LogP contribution in [0.15, 0.2) is 12.1 Å². The summed E-state index contributed by atoms with van der Waals surface area (Å²) in [5.41, 5.74) is 0.766. The fourth-order valence-corrected chi connectivity index (χ4v) is 2.06. The predicted molar refractivity (Wildman–Crippen MR) is 77.1 cm³/mol. The molecule has 0 aliphatic carbocycles. The summed E-state index contributed by atoms with van der Waals surface area (Å²) in [6.45, 7) is 7.76. The normalized spacial score (nSPS) is 11.0. The average Bonchev–Trinajstić information content (AvgIpc) is 2.41. The third-order valence-corrected chi connectivity index (χ3v) is 3.15. The van der Waals surface area contributed by atoms with E-state index in [2.05, 4.69) is 11.8 Å².